The number of hydrogen-bond acceptors (Lipinski definition) is 2. The molecule has 1 aromatic rings. The molecule has 1 nitrogen and oxygen atoms in total. The molecule has 1 rings (SSSR count). The van der Waals surface area contributed by atoms with Crippen molar-refractivity contribution in [2.45, 2.75) is 57.2 Å². The van der Waals surface area contributed by atoms with Crippen molar-refractivity contribution in [2.24, 2.45) is 11.7 Å². The van der Waals surface area contributed by atoms with Crippen molar-refractivity contribution < 1.29 is 0 Å². The number of nitrogens with two attached hydrogens (primary N) is 1. The fourth-order valence-electron chi connectivity index (χ4n) is 1.68. The van der Waals surface area contributed by atoms with Gasteiger partial charge < -0.3 is 5.73 Å². The topological polar surface area (TPSA) is 26.0 Å². The second-order valence-corrected chi connectivity index (χ2v) is 6.77. The Balaban J connectivity index is 2.76. The second kappa shape index (κ2) is 6.46. The highest BCUT2D eigenvalue weighted by Gasteiger charge is 2.10. The summed E-state index contributed by atoms with van der Waals surface area (Å²) in [6, 6.07) is 6.98. The maximum Gasteiger partial charge on any atom is 0.0104 e. The Morgan fingerprint density at radius 1 is 1.18 bits per heavy atom. The lowest BCUT2D eigenvalue weighted by Gasteiger charge is -2.17. The van der Waals surface area contributed by atoms with Crippen molar-refractivity contribution in [2.75, 3.05) is 0 Å². The molecular formula is C15H25NS. The summed E-state index contributed by atoms with van der Waals surface area (Å²) in [5.74, 6) is 0.711. The molecule has 0 aliphatic heterocycles. The zero-order valence-electron chi connectivity index (χ0n) is 11.7. The highest BCUT2D eigenvalue weighted by atomic mass is 32.2. The molecule has 0 spiro atoms. The third-order valence-corrected chi connectivity index (χ3v) is 4.68. The van der Waals surface area contributed by atoms with Gasteiger partial charge in [0.1, 0.15) is 0 Å². The van der Waals surface area contributed by atoms with E-state index in [0.29, 0.717) is 11.2 Å². The van der Waals surface area contributed by atoms with Gasteiger partial charge in [0.25, 0.3) is 0 Å². The molecule has 0 fully saturated rings. The summed E-state index contributed by atoms with van der Waals surface area (Å²) >= 11 is 1.97. The summed E-state index contributed by atoms with van der Waals surface area (Å²) in [5.41, 5.74) is 8.55. The molecule has 0 saturated carbocycles. The molecule has 0 heterocycles. The van der Waals surface area contributed by atoms with Crippen LogP contribution >= 0.6 is 11.8 Å². The van der Waals surface area contributed by atoms with Crippen molar-refractivity contribution in [3.8, 4) is 0 Å². The summed E-state index contributed by atoms with van der Waals surface area (Å²) < 4.78 is 0. The molecular weight excluding hydrogens is 226 g/mol. The van der Waals surface area contributed by atoms with E-state index in [0.717, 1.165) is 6.42 Å². The summed E-state index contributed by atoms with van der Waals surface area (Å²) in [5, 5.41) is 0.660. The molecule has 2 heteroatoms. The lowest BCUT2D eigenvalue weighted by atomic mass is 10.1. The van der Waals surface area contributed by atoms with Gasteiger partial charge in [0.15, 0.2) is 0 Å². The monoisotopic (exact) mass is 251 g/mol. The maximum atomic E-state index is 5.83. The van der Waals surface area contributed by atoms with E-state index in [1.165, 1.54) is 16.0 Å². The van der Waals surface area contributed by atoms with Gasteiger partial charge in [-0.05, 0) is 43.4 Å². The Morgan fingerprint density at radius 2 is 1.82 bits per heavy atom. The molecule has 0 amide bonds. The smallest absolute Gasteiger partial charge is 0.0104 e. The molecule has 0 radical (unpaired) electrons. The number of aryl methyl sites for hydroxylation is 1. The summed E-state index contributed by atoms with van der Waals surface area (Å²) in [6.07, 6.45) is 0.964. The van der Waals surface area contributed by atoms with Gasteiger partial charge in [-0.2, -0.15) is 0 Å². The molecule has 0 saturated heterocycles. The maximum absolute atomic E-state index is 5.83. The first-order valence-electron chi connectivity index (χ1n) is 6.42. The van der Waals surface area contributed by atoms with Crippen LogP contribution in [-0.2, 0) is 6.42 Å². The van der Waals surface area contributed by atoms with Crippen LogP contribution < -0.4 is 5.73 Å². The van der Waals surface area contributed by atoms with Gasteiger partial charge in [0.05, 0.1) is 0 Å². The van der Waals surface area contributed by atoms with Gasteiger partial charge in [0, 0.05) is 16.2 Å². The van der Waals surface area contributed by atoms with E-state index in [9.17, 15) is 0 Å². The average Bonchev–Trinajstić information content (AvgIpc) is 2.20. The van der Waals surface area contributed by atoms with E-state index in [4.69, 9.17) is 5.73 Å². The Bertz CT molecular complexity index is 358. The molecule has 96 valence electrons. The van der Waals surface area contributed by atoms with Crippen molar-refractivity contribution >= 4 is 11.8 Å². The average molecular weight is 251 g/mol. The number of thioether (sulfide) groups is 1. The number of hydrogen-bond donors (Lipinski definition) is 1. The third kappa shape index (κ3) is 4.72. The van der Waals surface area contributed by atoms with Crippen molar-refractivity contribution in [3.05, 3.63) is 29.3 Å². The highest BCUT2D eigenvalue weighted by molar-refractivity contribution is 8.00. The van der Waals surface area contributed by atoms with Crippen LogP contribution in [0.5, 0.6) is 0 Å². The molecule has 2 atom stereocenters. The zero-order valence-corrected chi connectivity index (χ0v) is 12.5. The fraction of sp³-hybridized carbons (Fsp3) is 0.600. The van der Waals surface area contributed by atoms with Gasteiger partial charge in [-0.1, -0.05) is 32.9 Å². The Kier molecular flexibility index (Phi) is 5.54. The van der Waals surface area contributed by atoms with Crippen molar-refractivity contribution in [1.29, 1.82) is 0 Å². The lowest BCUT2D eigenvalue weighted by molar-refractivity contribution is 0.642. The molecule has 0 aliphatic rings. The molecule has 0 aromatic heterocycles. The van der Waals surface area contributed by atoms with Crippen LogP contribution in [0.15, 0.2) is 23.1 Å². The van der Waals surface area contributed by atoms with Crippen LogP contribution in [0, 0.1) is 12.8 Å². The predicted octanol–water partition coefficient (Wildman–Crippen LogP) is 4.02. The zero-order chi connectivity index (χ0) is 13.0. The normalized spacial score (nSPS) is 15.0. The summed E-state index contributed by atoms with van der Waals surface area (Å²) in [7, 11) is 0. The third-order valence-electron chi connectivity index (χ3n) is 3.05. The molecule has 0 bridgehead atoms. The van der Waals surface area contributed by atoms with Gasteiger partial charge in [-0.3, -0.25) is 0 Å². The van der Waals surface area contributed by atoms with Crippen LogP contribution in [0.1, 0.15) is 38.8 Å². The van der Waals surface area contributed by atoms with E-state index in [1.807, 2.05) is 11.8 Å². The molecule has 2 unspecified atom stereocenters. The van der Waals surface area contributed by atoms with E-state index < -0.39 is 0 Å². The largest absolute Gasteiger partial charge is 0.328 e. The number of benzene rings is 1. The minimum absolute atomic E-state index is 0.238. The Labute approximate surface area is 110 Å². The quantitative estimate of drug-likeness (QED) is 0.800. The van der Waals surface area contributed by atoms with Crippen LogP contribution in [0.25, 0.3) is 0 Å². The van der Waals surface area contributed by atoms with E-state index in [-0.39, 0.29) is 6.04 Å². The fourth-order valence-corrected chi connectivity index (χ4v) is 2.74. The van der Waals surface area contributed by atoms with E-state index >= 15 is 0 Å². The van der Waals surface area contributed by atoms with Crippen molar-refractivity contribution in [1.82, 2.24) is 0 Å². The molecule has 0 aliphatic carbocycles. The Hall–Kier alpha value is -0.470. The highest BCUT2D eigenvalue weighted by Crippen LogP contribution is 2.30. The van der Waals surface area contributed by atoms with Crippen molar-refractivity contribution in [3.63, 3.8) is 0 Å². The minimum atomic E-state index is 0.238. The van der Waals surface area contributed by atoms with Gasteiger partial charge in [0.2, 0.25) is 0 Å². The van der Waals surface area contributed by atoms with Gasteiger partial charge in [-0.15, -0.1) is 11.8 Å². The molecule has 2 N–H and O–H groups in total. The number of rotatable bonds is 5. The first kappa shape index (κ1) is 14.6. The Morgan fingerprint density at radius 3 is 2.29 bits per heavy atom. The van der Waals surface area contributed by atoms with Crippen LogP contribution in [0.4, 0.5) is 0 Å². The summed E-state index contributed by atoms with van der Waals surface area (Å²) in [6.45, 7) is 11.1. The first-order chi connectivity index (χ1) is 7.90. The van der Waals surface area contributed by atoms with E-state index in [1.54, 1.807) is 0 Å². The minimum Gasteiger partial charge on any atom is -0.328 e. The predicted molar refractivity (Wildman–Crippen MR) is 78.7 cm³/mol. The van der Waals surface area contributed by atoms with Crippen LogP contribution in [-0.4, -0.2) is 11.3 Å². The molecule has 1 aromatic carbocycles. The van der Waals surface area contributed by atoms with Gasteiger partial charge >= 0.3 is 0 Å². The van der Waals surface area contributed by atoms with Gasteiger partial charge in [-0.25, -0.2) is 0 Å². The van der Waals surface area contributed by atoms with Crippen LogP contribution in [0.3, 0.4) is 0 Å². The van der Waals surface area contributed by atoms with E-state index in [2.05, 4.69) is 52.8 Å². The van der Waals surface area contributed by atoms with Crippen LogP contribution in [0.2, 0.25) is 0 Å². The first-order valence-corrected chi connectivity index (χ1v) is 7.30. The second-order valence-electron chi connectivity index (χ2n) is 5.35. The summed E-state index contributed by atoms with van der Waals surface area (Å²) in [4.78, 5) is 1.40. The standard InChI is InChI=1S/C15H25NS/c1-10(2)13(5)17-15-7-6-14(8-11(15)3)9-12(4)16/h6-8,10,12-13H,9,16H2,1-5H3. The molecule has 17 heavy (non-hydrogen) atoms. The lowest BCUT2D eigenvalue weighted by Crippen LogP contribution is -2.17. The SMILES string of the molecule is Cc1cc(CC(C)N)ccc1SC(C)C(C)C.